The van der Waals surface area contributed by atoms with Gasteiger partial charge in [0.05, 0.1) is 34.9 Å². The van der Waals surface area contributed by atoms with E-state index in [1.165, 1.54) is 30.3 Å². The number of nitrogens with zero attached hydrogens (tertiary/aromatic N) is 2. The van der Waals surface area contributed by atoms with Crippen molar-refractivity contribution < 1.29 is 32.6 Å². The lowest BCUT2D eigenvalue weighted by molar-refractivity contribution is -0.113. The van der Waals surface area contributed by atoms with Crippen molar-refractivity contribution in [1.82, 2.24) is 4.31 Å². The van der Waals surface area contributed by atoms with Crippen LogP contribution in [0.15, 0.2) is 34.4 Å². The summed E-state index contributed by atoms with van der Waals surface area (Å²) in [5.74, 6) is -1.87. The Morgan fingerprint density at radius 1 is 1.09 bits per heavy atom. The molecule has 10 nitrogen and oxygen atoms in total. The number of benzene rings is 1. The standard InChI is InChI=1S/C23H31N3O7S/c1-16(24)22(17(2)27)21(28)15-33-23(29)19-14-18(34(30,31)26-10-12-32-13-11-26)6-7-20(19)25-8-4-3-5-9-25/h6-7,14,24,28H,3-5,8-13,15H2,1-2H3/b22-21-,24-16?. The van der Waals surface area contributed by atoms with Gasteiger partial charge in [-0.15, -0.1) is 0 Å². The maximum atomic E-state index is 13.2. The highest BCUT2D eigenvalue weighted by Gasteiger charge is 2.29. The highest BCUT2D eigenvalue weighted by Crippen LogP contribution is 2.29. The molecular formula is C23H31N3O7S. The summed E-state index contributed by atoms with van der Waals surface area (Å²) < 4.78 is 38.1. The molecule has 2 aliphatic rings. The molecule has 0 atom stereocenters. The second-order valence-electron chi connectivity index (χ2n) is 8.32. The zero-order valence-corrected chi connectivity index (χ0v) is 20.3. The number of carbonyl (C=O) groups excluding carboxylic acids is 2. The number of Topliss-reactive ketones (excluding diaryl/α,β-unsaturated/α-hetero) is 1. The van der Waals surface area contributed by atoms with Crippen molar-refractivity contribution in [2.75, 3.05) is 50.9 Å². The van der Waals surface area contributed by atoms with Gasteiger partial charge >= 0.3 is 5.97 Å². The van der Waals surface area contributed by atoms with Gasteiger partial charge in [-0.1, -0.05) is 0 Å². The van der Waals surface area contributed by atoms with E-state index in [1.54, 1.807) is 6.07 Å². The third kappa shape index (κ3) is 5.83. The topological polar surface area (TPSA) is 137 Å². The maximum Gasteiger partial charge on any atom is 0.340 e. The molecule has 1 aromatic carbocycles. The summed E-state index contributed by atoms with van der Waals surface area (Å²) in [6, 6.07) is 4.43. The van der Waals surface area contributed by atoms with Crippen LogP contribution in [0.1, 0.15) is 43.5 Å². The molecule has 2 heterocycles. The van der Waals surface area contributed by atoms with Crippen LogP contribution in [0.3, 0.4) is 0 Å². The van der Waals surface area contributed by atoms with Gasteiger partial charge in [0, 0.05) is 31.9 Å². The van der Waals surface area contributed by atoms with E-state index in [9.17, 15) is 23.1 Å². The lowest BCUT2D eigenvalue weighted by Gasteiger charge is -2.31. The molecule has 1 aromatic rings. The number of allylic oxidation sites excluding steroid dienone is 1. The Kier molecular flexibility index (Phi) is 8.45. The Morgan fingerprint density at radius 2 is 1.74 bits per heavy atom. The molecule has 0 unspecified atom stereocenters. The van der Waals surface area contributed by atoms with Crippen molar-refractivity contribution in [2.45, 2.75) is 38.0 Å². The Labute approximate surface area is 199 Å². The fraction of sp³-hybridized carbons (Fsp3) is 0.522. The van der Waals surface area contributed by atoms with E-state index in [4.69, 9.17) is 14.9 Å². The molecule has 2 N–H and O–H groups in total. The molecule has 34 heavy (non-hydrogen) atoms. The highest BCUT2D eigenvalue weighted by molar-refractivity contribution is 7.89. The first-order chi connectivity index (χ1) is 16.1. The Balaban J connectivity index is 1.94. The molecule has 0 aromatic heterocycles. The number of carbonyl (C=O) groups is 2. The summed E-state index contributed by atoms with van der Waals surface area (Å²) >= 11 is 0. The van der Waals surface area contributed by atoms with Gasteiger partial charge in [0.25, 0.3) is 0 Å². The average Bonchev–Trinajstić information content (AvgIpc) is 2.82. The third-order valence-electron chi connectivity index (χ3n) is 5.85. The molecule has 0 bridgehead atoms. The number of aliphatic hydroxyl groups excluding tert-OH is 1. The van der Waals surface area contributed by atoms with Crippen molar-refractivity contribution in [3.8, 4) is 0 Å². The average molecular weight is 494 g/mol. The Bertz CT molecular complexity index is 1070. The fourth-order valence-electron chi connectivity index (χ4n) is 4.15. The molecule has 11 heteroatoms. The number of piperidine rings is 1. The Morgan fingerprint density at radius 3 is 2.32 bits per heavy atom. The van der Waals surface area contributed by atoms with Crippen LogP contribution in [0.4, 0.5) is 5.69 Å². The molecule has 0 saturated carbocycles. The van der Waals surface area contributed by atoms with Gasteiger partial charge in [0.15, 0.2) is 5.78 Å². The number of nitrogens with one attached hydrogen (secondary N) is 1. The minimum Gasteiger partial charge on any atom is -0.508 e. The van der Waals surface area contributed by atoms with Crippen LogP contribution in [0.5, 0.6) is 0 Å². The van der Waals surface area contributed by atoms with Gasteiger partial charge < -0.3 is 24.9 Å². The normalized spacial score (nSPS) is 18.2. The van der Waals surface area contributed by atoms with Crippen LogP contribution in [0, 0.1) is 5.41 Å². The molecule has 3 rings (SSSR count). The van der Waals surface area contributed by atoms with Crippen molar-refractivity contribution in [1.29, 1.82) is 5.41 Å². The molecule has 0 radical (unpaired) electrons. The van der Waals surface area contributed by atoms with Gasteiger partial charge in [-0.05, 0) is 51.3 Å². The summed E-state index contributed by atoms with van der Waals surface area (Å²) in [5.41, 5.74) is 0.269. The van der Waals surface area contributed by atoms with Gasteiger partial charge in [0.2, 0.25) is 10.0 Å². The molecule has 0 aliphatic carbocycles. The minimum absolute atomic E-state index is 0.0263. The minimum atomic E-state index is -3.84. The molecule has 2 aliphatic heterocycles. The van der Waals surface area contributed by atoms with Crippen LogP contribution in [0.25, 0.3) is 0 Å². The lowest BCUT2D eigenvalue weighted by Crippen LogP contribution is -2.40. The summed E-state index contributed by atoms with van der Waals surface area (Å²) in [5, 5.41) is 17.9. The number of anilines is 1. The van der Waals surface area contributed by atoms with Crippen molar-refractivity contribution in [2.24, 2.45) is 0 Å². The fourth-order valence-corrected chi connectivity index (χ4v) is 5.59. The Hall–Kier alpha value is -2.76. The largest absolute Gasteiger partial charge is 0.508 e. The number of hydrogen-bond donors (Lipinski definition) is 2. The van der Waals surface area contributed by atoms with Crippen LogP contribution < -0.4 is 4.90 Å². The zero-order valence-electron chi connectivity index (χ0n) is 19.5. The van der Waals surface area contributed by atoms with Gasteiger partial charge in [-0.2, -0.15) is 4.31 Å². The number of ether oxygens (including phenoxy) is 2. The summed E-state index contributed by atoms with van der Waals surface area (Å²) in [6.45, 7) is 4.46. The van der Waals surface area contributed by atoms with Crippen molar-refractivity contribution in [3.05, 3.63) is 35.1 Å². The van der Waals surface area contributed by atoms with Crippen molar-refractivity contribution in [3.63, 3.8) is 0 Å². The van der Waals surface area contributed by atoms with E-state index in [0.29, 0.717) is 18.9 Å². The lowest BCUT2D eigenvalue weighted by atomic mass is 10.1. The molecule has 0 amide bonds. The van der Waals surface area contributed by atoms with Crippen LogP contribution in [0.2, 0.25) is 0 Å². The first-order valence-corrected chi connectivity index (χ1v) is 12.7. The summed E-state index contributed by atoms with van der Waals surface area (Å²) in [6.07, 6.45) is 2.98. The van der Waals surface area contributed by atoms with E-state index < -0.39 is 34.1 Å². The van der Waals surface area contributed by atoms with Gasteiger partial charge in [-0.3, -0.25) is 4.79 Å². The molecule has 0 spiro atoms. The second-order valence-corrected chi connectivity index (χ2v) is 10.3. The predicted molar refractivity (Wildman–Crippen MR) is 126 cm³/mol. The SMILES string of the molecule is CC(=N)/C(C(C)=O)=C(/O)COC(=O)c1cc(S(=O)(=O)N2CCOCC2)ccc1N1CCCCC1. The monoisotopic (exact) mass is 493 g/mol. The first kappa shape index (κ1) is 25.9. The zero-order chi connectivity index (χ0) is 24.9. The predicted octanol–water partition coefficient (Wildman–Crippen LogP) is 2.30. The van der Waals surface area contributed by atoms with E-state index in [-0.39, 0.29) is 34.8 Å². The van der Waals surface area contributed by atoms with E-state index in [1.807, 2.05) is 4.90 Å². The number of hydrogen-bond acceptors (Lipinski definition) is 9. The summed E-state index contributed by atoms with van der Waals surface area (Å²) in [4.78, 5) is 26.8. The van der Waals surface area contributed by atoms with Gasteiger partial charge in [0.1, 0.15) is 12.4 Å². The highest BCUT2D eigenvalue weighted by atomic mass is 32.2. The molecular weight excluding hydrogens is 462 g/mol. The number of sulfonamides is 1. The van der Waals surface area contributed by atoms with Gasteiger partial charge in [-0.25, -0.2) is 13.2 Å². The first-order valence-electron chi connectivity index (χ1n) is 11.3. The smallest absolute Gasteiger partial charge is 0.340 e. The van der Waals surface area contributed by atoms with Crippen LogP contribution in [-0.4, -0.2) is 81.3 Å². The number of ketones is 1. The second kappa shape index (κ2) is 11.1. The molecule has 186 valence electrons. The van der Waals surface area contributed by atoms with Crippen molar-refractivity contribution >= 4 is 33.2 Å². The number of aliphatic hydroxyl groups is 1. The van der Waals surface area contributed by atoms with Crippen LogP contribution in [-0.2, 0) is 24.3 Å². The number of esters is 1. The third-order valence-corrected chi connectivity index (χ3v) is 7.74. The van der Waals surface area contributed by atoms with E-state index in [0.717, 1.165) is 32.4 Å². The number of rotatable bonds is 8. The van der Waals surface area contributed by atoms with Crippen LogP contribution >= 0.6 is 0 Å². The van der Waals surface area contributed by atoms with E-state index in [2.05, 4.69) is 0 Å². The van der Waals surface area contributed by atoms with E-state index >= 15 is 0 Å². The number of morpholine rings is 1. The quantitative estimate of drug-likeness (QED) is 0.244. The maximum absolute atomic E-state index is 13.2. The summed E-state index contributed by atoms with van der Waals surface area (Å²) in [7, 11) is -3.84. The molecule has 2 saturated heterocycles. The molecule has 2 fully saturated rings.